The zero-order chi connectivity index (χ0) is 18.2. The van der Waals surface area contributed by atoms with Crippen LogP contribution in [0.25, 0.3) is 0 Å². The van der Waals surface area contributed by atoms with Gasteiger partial charge in [0, 0.05) is 19.5 Å². The molecule has 1 aliphatic heterocycles. The number of amides is 1. The molecule has 0 saturated carbocycles. The van der Waals surface area contributed by atoms with Gasteiger partial charge in [-0.15, -0.1) is 0 Å². The zero-order valence-corrected chi connectivity index (χ0v) is 17.3. The molecule has 0 aromatic carbocycles. The van der Waals surface area contributed by atoms with Crippen molar-refractivity contribution in [3.63, 3.8) is 0 Å². The van der Waals surface area contributed by atoms with Crippen molar-refractivity contribution in [1.82, 2.24) is 9.80 Å². The summed E-state index contributed by atoms with van der Waals surface area (Å²) in [4.78, 5) is 15.1. The minimum atomic E-state index is 0.327. The van der Waals surface area contributed by atoms with Gasteiger partial charge in [0.15, 0.2) is 0 Å². The molecule has 0 aromatic rings. The number of nitrogens with zero attached hydrogens (tertiary/aromatic N) is 2. The average Bonchev–Trinajstić information content (AvgIpc) is 2.58. The SMILES string of the molecule is CCCCCCCCCCCCCC1CC(=O)N1C.CCN(C)C. The minimum Gasteiger partial charge on any atom is -0.342 e. The van der Waals surface area contributed by atoms with E-state index in [1.54, 1.807) is 0 Å². The molecule has 1 atom stereocenters. The highest BCUT2D eigenvalue weighted by Crippen LogP contribution is 2.22. The summed E-state index contributed by atoms with van der Waals surface area (Å²) in [5.41, 5.74) is 0. The van der Waals surface area contributed by atoms with Crippen LogP contribution in [0.1, 0.15) is 97.3 Å². The highest BCUT2D eigenvalue weighted by Gasteiger charge is 2.31. The fraction of sp³-hybridized carbons (Fsp3) is 0.952. The van der Waals surface area contributed by atoms with Gasteiger partial charge in [-0.05, 0) is 27.1 Å². The second-order valence-corrected chi connectivity index (χ2v) is 7.58. The molecule has 1 amide bonds. The molecule has 1 saturated heterocycles. The maximum Gasteiger partial charge on any atom is 0.224 e. The lowest BCUT2D eigenvalue weighted by molar-refractivity contribution is -0.143. The molecule has 3 nitrogen and oxygen atoms in total. The Bertz CT molecular complexity index is 292. The second-order valence-electron chi connectivity index (χ2n) is 7.58. The predicted molar refractivity (Wildman–Crippen MR) is 106 cm³/mol. The second kappa shape index (κ2) is 15.9. The van der Waals surface area contributed by atoms with Crippen molar-refractivity contribution >= 4 is 5.91 Å². The lowest BCUT2D eigenvalue weighted by Gasteiger charge is -2.37. The van der Waals surface area contributed by atoms with Crippen LogP contribution in [0.2, 0.25) is 0 Å². The third-order valence-corrected chi connectivity index (χ3v) is 5.12. The van der Waals surface area contributed by atoms with Crippen LogP contribution in [0.5, 0.6) is 0 Å². The summed E-state index contributed by atoms with van der Waals surface area (Å²) < 4.78 is 0. The Kier molecular flexibility index (Phi) is 15.6. The van der Waals surface area contributed by atoms with E-state index in [9.17, 15) is 4.79 Å². The molecular weight excluding hydrogens is 296 g/mol. The molecule has 0 aromatic heterocycles. The molecule has 0 N–H and O–H groups in total. The van der Waals surface area contributed by atoms with E-state index in [0.717, 1.165) is 13.0 Å². The summed E-state index contributed by atoms with van der Waals surface area (Å²) in [6.07, 6.45) is 17.4. The van der Waals surface area contributed by atoms with Gasteiger partial charge in [0.1, 0.15) is 0 Å². The third-order valence-electron chi connectivity index (χ3n) is 5.12. The van der Waals surface area contributed by atoms with Crippen molar-refractivity contribution in [3.05, 3.63) is 0 Å². The van der Waals surface area contributed by atoms with E-state index in [1.165, 1.54) is 77.0 Å². The van der Waals surface area contributed by atoms with Gasteiger partial charge in [-0.3, -0.25) is 4.79 Å². The van der Waals surface area contributed by atoms with Crippen molar-refractivity contribution in [3.8, 4) is 0 Å². The molecule has 1 unspecified atom stereocenters. The zero-order valence-electron chi connectivity index (χ0n) is 17.3. The van der Waals surface area contributed by atoms with Crippen molar-refractivity contribution in [2.45, 2.75) is 103 Å². The van der Waals surface area contributed by atoms with Gasteiger partial charge < -0.3 is 9.80 Å². The number of carbonyl (C=O) groups excluding carboxylic acids is 1. The van der Waals surface area contributed by atoms with Crippen LogP contribution >= 0.6 is 0 Å². The fourth-order valence-electron chi connectivity index (χ4n) is 2.91. The summed E-state index contributed by atoms with van der Waals surface area (Å²) in [7, 11) is 6.05. The number of β-lactam (4-membered cyclic amide) rings is 1. The fourth-order valence-corrected chi connectivity index (χ4v) is 2.91. The monoisotopic (exact) mass is 340 g/mol. The first-order valence-electron chi connectivity index (χ1n) is 10.4. The van der Waals surface area contributed by atoms with Crippen LogP contribution < -0.4 is 0 Å². The van der Waals surface area contributed by atoms with Crippen molar-refractivity contribution in [2.24, 2.45) is 0 Å². The average molecular weight is 341 g/mol. The van der Waals surface area contributed by atoms with Crippen LogP contribution in [0, 0.1) is 0 Å². The molecule has 144 valence electrons. The predicted octanol–water partition coefficient (Wildman–Crippen LogP) is 5.49. The lowest BCUT2D eigenvalue weighted by atomic mass is 9.96. The Morgan fingerprint density at radius 3 is 1.62 bits per heavy atom. The Hall–Kier alpha value is -0.570. The molecule has 0 bridgehead atoms. The maximum atomic E-state index is 11.1. The van der Waals surface area contributed by atoms with Gasteiger partial charge in [0.05, 0.1) is 0 Å². The molecule has 1 aliphatic rings. The largest absolute Gasteiger partial charge is 0.342 e. The molecule has 1 fully saturated rings. The van der Waals surface area contributed by atoms with Gasteiger partial charge in [0.25, 0.3) is 0 Å². The molecule has 3 heteroatoms. The summed E-state index contributed by atoms with van der Waals surface area (Å²) in [6, 6.07) is 0.561. The molecule has 0 spiro atoms. The smallest absolute Gasteiger partial charge is 0.224 e. The van der Waals surface area contributed by atoms with E-state index in [2.05, 4.69) is 32.8 Å². The number of hydrogen-bond donors (Lipinski definition) is 0. The number of hydrogen-bond acceptors (Lipinski definition) is 2. The number of unbranched alkanes of at least 4 members (excludes halogenated alkanes) is 10. The van der Waals surface area contributed by atoms with E-state index < -0.39 is 0 Å². The summed E-state index contributed by atoms with van der Waals surface area (Å²) in [5, 5.41) is 0. The van der Waals surface area contributed by atoms with E-state index in [0.29, 0.717) is 11.9 Å². The first kappa shape index (κ1) is 23.4. The first-order valence-corrected chi connectivity index (χ1v) is 10.4. The van der Waals surface area contributed by atoms with Crippen molar-refractivity contribution in [2.75, 3.05) is 27.7 Å². The van der Waals surface area contributed by atoms with Crippen LogP contribution in [-0.2, 0) is 4.79 Å². The highest BCUT2D eigenvalue weighted by atomic mass is 16.2. The molecule has 1 rings (SSSR count). The van der Waals surface area contributed by atoms with Gasteiger partial charge in [-0.1, -0.05) is 84.5 Å². The topological polar surface area (TPSA) is 23.6 Å². The summed E-state index contributed by atoms with van der Waals surface area (Å²) in [6.45, 7) is 5.54. The Morgan fingerprint density at radius 1 is 0.875 bits per heavy atom. The van der Waals surface area contributed by atoms with Gasteiger partial charge in [0.2, 0.25) is 5.91 Å². The maximum absolute atomic E-state index is 11.1. The van der Waals surface area contributed by atoms with E-state index in [1.807, 2.05) is 11.9 Å². The van der Waals surface area contributed by atoms with Crippen LogP contribution in [-0.4, -0.2) is 49.4 Å². The van der Waals surface area contributed by atoms with Crippen molar-refractivity contribution < 1.29 is 4.79 Å². The number of likely N-dealkylation sites (tertiary alicyclic amines) is 1. The summed E-state index contributed by atoms with van der Waals surface area (Å²) >= 11 is 0. The van der Waals surface area contributed by atoms with E-state index in [-0.39, 0.29) is 0 Å². The molecule has 1 heterocycles. The van der Waals surface area contributed by atoms with Gasteiger partial charge in [-0.25, -0.2) is 0 Å². The lowest BCUT2D eigenvalue weighted by Crippen LogP contribution is -2.49. The number of rotatable bonds is 13. The molecular formula is C21H44N2O. The molecule has 0 aliphatic carbocycles. The van der Waals surface area contributed by atoms with Gasteiger partial charge in [-0.2, -0.15) is 0 Å². The number of carbonyl (C=O) groups is 1. The van der Waals surface area contributed by atoms with E-state index >= 15 is 0 Å². The minimum absolute atomic E-state index is 0.327. The Labute approximate surface area is 152 Å². The highest BCUT2D eigenvalue weighted by molar-refractivity contribution is 5.82. The quantitative estimate of drug-likeness (QED) is 0.327. The van der Waals surface area contributed by atoms with Crippen LogP contribution in [0.3, 0.4) is 0 Å². The summed E-state index contributed by atoms with van der Waals surface area (Å²) in [5.74, 6) is 0.327. The standard InChI is InChI=1S/C17H33NO.C4H11N/c1-3-4-5-6-7-8-9-10-11-12-13-14-16-15-17(19)18(16)2;1-4-5(2)3/h16H,3-15H2,1-2H3;4H2,1-3H3. The van der Waals surface area contributed by atoms with Crippen LogP contribution in [0.15, 0.2) is 0 Å². The van der Waals surface area contributed by atoms with Crippen LogP contribution in [0.4, 0.5) is 0 Å². The van der Waals surface area contributed by atoms with Gasteiger partial charge >= 0.3 is 0 Å². The third kappa shape index (κ3) is 12.8. The molecule has 0 radical (unpaired) electrons. The Balaban J connectivity index is 0.000000922. The molecule has 24 heavy (non-hydrogen) atoms. The van der Waals surface area contributed by atoms with Crippen molar-refractivity contribution in [1.29, 1.82) is 0 Å². The van der Waals surface area contributed by atoms with E-state index in [4.69, 9.17) is 0 Å². The Morgan fingerprint density at radius 2 is 1.29 bits per heavy atom. The normalized spacial score (nSPS) is 16.8. The first-order chi connectivity index (χ1) is 11.5.